The summed E-state index contributed by atoms with van der Waals surface area (Å²) in [7, 11) is 0. The summed E-state index contributed by atoms with van der Waals surface area (Å²) in [5, 5.41) is 0. The van der Waals surface area contributed by atoms with Gasteiger partial charge in [-0.3, -0.25) is 0 Å². The van der Waals surface area contributed by atoms with E-state index in [0.717, 1.165) is 12.3 Å². The first-order valence-electron chi connectivity index (χ1n) is 2.84. The zero-order chi connectivity index (χ0) is 6.57. The molecule has 0 aromatic rings. The molecule has 0 aromatic heterocycles. The molecule has 0 aliphatic heterocycles. The molecule has 0 rings (SSSR count). The van der Waals surface area contributed by atoms with Crippen molar-refractivity contribution in [1.29, 1.82) is 0 Å². The van der Waals surface area contributed by atoms with Gasteiger partial charge in [-0.25, -0.2) is 0 Å². The molecule has 0 heterocycles. The summed E-state index contributed by atoms with van der Waals surface area (Å²) < 4.78 is 1.33. The van der Waals surface area contributed by atoms with Gasteiger partial charge in [-0.05, 0) is 0 Å². The number of hydrogen-bond donors (Lipinski definition) is 0. The van der Waals surface area contributed by atoms with E-state index in [4.69, 9.17) is 0 Å². The quantitative estimate of drug-likeness (QED) is 0.572. The van der Waals surface area contributed by atoms with E-state index in [1.165, 1.54) is 4.23 Å². The first-order chi connectivity index (χ1) is 3.66. The average Bonchev–Trinajstić information content (AvgIpc) is 1.65. The van der Waals surface area contributed by atoms with Crippen molar-refractivity contribution in [3.63, 3.8) is 0 Å². The van der Waals surface area contributed by atoms with Crippen LogP contribution in [0.1, 0.15) is 20.3 Å². The molecule has 0 saturated carbocycles. The van der Waals surface area contributed by atoms with E-state index in [9.17, 15) is 0 Å². The van der Waals surface area contributed by atoms with Crippen LogP contribution in [0, 0.1) is 5.92 Å². The summed E-state index contributed by atoms with van der Waals surface area (Å²) in [5.74, 6) is 0.756. The molecular formula is C7H12V. The van der Waals surface area contributed by atoms with Crippen molar-refractivity contribution in [2.45, 2.75) is 20.3 Å². The maximum atomic E-state index is 3.66. The summed E-state index contributed by atoms with van der Waals surface area (Å²) in [5.41, 5.74) is 0. The molecular weight excluding hydrogens is 135 g/mol. The Balaban J connectivity index is 3.39. The molecule has 0 N–H and O–H groups in total. The molecule has 45 valence electrons. The number of rotatable bonds is 3. The summed E-state index contributed by atoms with van der Waals surface area (Å²) in [6.45, 7) is 8.07. The van der Waals surface area contributed by atoms with Crippen molar-refractivity contribution in [1.82, 2.24) is 0 Å². The molecule has 0 amide bonds. The zero-order valence-electron chi connectivity index (χ0n) is 5.52. The van der Waals surface area contributed by atoms with Gasteiger partial charge in [0.25, 0.3) is 0 Å². The predicted molar refractivity (Wildman–Crippen MR) is 34.7 cm³/mol. The van der Waals surface area contributed by atoms with E-state index < -0.39 is 0 Å². The van der Waals surface area contributed by atoms with E-state index in [0.29, 0.717) is 0 Å². The predicted octanol–water partition coefficient (Wildman–Crippen LogP) is 1.94. The molecule has 0 bridgehead atoms. The van der Waals surface area contributed by atoms with Gasteiger partial charge in [-0.15, -0.1) is 0 Å². The topological polar surface area (TPSA) is 0 Å². The van der Waals surface area contributed by atoms with Gasteiger partial charge in [-0.1, -0.05) is 0 Å². The summed E-state index contributed by atoms with van der Waals surface area (Å²) in [6.07, 6.45) is 3.06. The van der Waals surface area contributed by atoms with Crippen LogP contribution < -0.4 is 0 Å². The van der Waals surface area contributed by atoms with Crippen LogP contribution >= 0.6 is 0 Å². The van der Waals surface area contributed by atoms with Crippen LogP contribution in [0.25, 0.3) is 0 Å². The Morgan fingerprint density at radius 1 is 1.75 bits per heavy atom. The molecule has 0 aliphatic carbocycles. The molecule has 0 nitrogen and oxygen atoms in total. The fraction of sp³-hybridized carbons (Fsp3) is 0.571. The molecule has 0 fully saturated rings. The first-order valence-corrected chi connectivity index (χ1v) is 3.54. The summed E-state index contributed by atoms with van der Waals surface area (Å²) >= 11 is 2.54. The minimum atomic E-state index is 0.756. The van der Waals surface area contributed by atoms with Crippen LogP contribution in [0.4, 0.5) is 0 Å². The molecule has 0 aromatic carbocycles. The van der Waals surface area contributed by atoms with Crippen molar-refractivity contribution in [2.75, 3.05) is 0 Å². The Kier molecular flexibility index (Phi) is 4.21. The average molecular weight is 147 g/mol. The maximum absolute atomic E-state index is 3.66. The molecule has 8 heavy (non-hydrogen) atoms. The molecule has 1 heteroatoms. The van der Waals surface area contributed by atoms with E-state index in [1.54, 1.807) is 0 Å². The van der Waals surface area contributed by atoms with Crippen molar-refractivity contribution in [2.24, 2.45) is 5.92 Å². The third-order valence-corrected chi connectivity index (χ3v) is 1.42. The van der Waals surface area contributed by atoms with Crippen LogP contribution in [0.5, 0.6) is 0 Å². The van der Waals surface area contributed by atoms with Gasteiger partial charge in [-0.2, -0.15) is 0 Å². The molecule has 0 spiro atoms. The second-order valence-electron chi connectivity index (χ2n) is 2.29. The Morgan fingerprint density at radius 2 is 2.25 bits per heavy atom. The Hall–Kier alpha value is 0.194. The van der Waals surface area contributed by atoms with Gasteiger partial charge in [0.2, 0.25) is 0 Å². The summed E-state index contributed by atoms with van der Waals surface area (Å²) in [6, 6.07) is 0. The van der Waals surface area contributed by atoms with Crippen LogP contribution in [0.2, 0.25) is 0 Å². The van der Waals surface area contributed by atoms with E-state index in [1.807, 2.05) is 6.08 Å². The van der Waals surface area contributed by atoms with Gasteiger partial charge >= 0.3 is 60.0 Å². The molecule has 0 saturated heterocycles. The van der Waals surface area contributed by atoms with Crippen LogP contribution in [0.3, 0.4) is 0 Å². The molecule has 0 radical (unpaired) electrons. The number of hydrogen-bond acceptors (Lipinski definition) is 0. The van der Waals surface area contributed by atoms with Crippen molar-refractivity contribution >= 4 is 4.23 Å². The first kappa shape index (κ1) is 8.19. The third kappa shape index (κ3) is 4.36. The van der Waals surface area contributed by atoms with Crippen molar-refractivity contribution < 1.29 is 17.0 Å². The second kappa shape index (κ2) is 4.11. The minimum absolute atomic E-state index is 0.756. The zero-order valence-corrected chi connectivity index (χ0v) is 6.91. The summed E-state index contributed by atoms with van der Waals surface area (Å²) in [4.78, 5) is 0. The van der Waals surface area contributed by atoms with Gasteiger partial charge in [0.1, 0.15) is 0 Å². The van der Waals surface area contributed by atoms with Gasteiger partial charge in [0, 0.05) is 0 Å². The molecule has 0 unspecified atom stereocenters. The van der Waals surface area contributed by atoms with Crippen LogP contribution in [0.15, 0.2) is 12.7 Å². The standard InChI is InChI=1S/C7H12.V/c1-4-5-6-7(2)3;/h4,7H,1,6H2,2-3H3;. The van der Waals surface area contributed by atoms with Crippen LogP contribution in [-0.2, 0) is 17.0 Å². The normalized spacial score (nSPS) is 9.25. The fourth-order valence-electron chi connectivity index (χ4n) is 0.502. The second-order valence-corrected chi connectivity index (χ2v) is 3.19. The number of allylic oxidation sites excluding steroid dienone is 1. The van der Waals surface area contributed by atoms with Crippen LogP contribution in [-0.4, -0.2) is 4.23 Å². The van der Waals surface area contributed by atoms with Crippen molar-refractivity contribution in [3.05, 3.63) is 12.7 Å². The van der Waals surface area contributed by atoms with Crippen molar-refractivity contribution in [3.8, 4) is 0 Å². The monoisotopic (exact) mass is 147 g/mol. The van der Waals surface area contributed by atoms with Gasteiger partial charge in [0.05, 0.1) is 0 Å². The van der Waals surface area contributed by atoms with Gasteiger partial charge < -0.3 is 0 Å². The van der Waals surface area contributed by atoms with E-state index in [2.05, 4.69) is 37.4 Å². The molecule has 0 aliphatic rings. The third-order valence-electron chi connectivity index (χ3n) is 0.853. The Bertz CT molecular complexity index is 92.6. The van der Waals surface area contributed by atoms with Gasteiger partial charge in [0.15, 0.2) is 0 Å². The Labute approximate surface area is 60.5 Å². The van der Waals surface area contributed by atoms with E-state index >= 15 is 0 Å². The SMILES string of the molecule is C=C[C](=[V])CC(C)C. The fourth-order valence-corrected chi connectivity index (χ4v) is 1.07. The van der Waals surface area contributed by atoms with E-state index in [-0.39, 0.29) is 0 Å². The molecule has 0 atom stereocenters. The Morgan fingerprint density at radius 3 is 2.38 bits per heavy atom.